The molecule has 2 saturated carbocycles. The van der Waals surface area contributed by atoms with Crippen LogP contribution in [0.3, 0.4) is 0 Å². The molecular formula is C13H23NO2. The van der Waals surface area contributed by atoms with Gasteiger partial charge < -0.3 is 10.4 Å². The molecule has 16 heavy (non-hydrogen) atoms. The SMILES string of the molecule is CC(NC1CC2CCC1(C)C2(C)C)C(=O)O. The molecule has 0 aliphatic heterocycles. The van der Waals surface area contributed by atoms with Crippen LogP contribution in [0, 0.1) is 16.7 Å². The Hall–Kier alpha value is -0.570. The van der Waals surface area contributed by atoms with E-state index in [9.17, 15) is 4.79 Å². The van der Waals surface area contributed by atoms with Crippen LogP contribution < -0.4 is 5.32 Å². The molecule has 0 radical (unpaired) electrons. The van der Waals surface area contributed by atoms with Gasteiger partial charge in [-0.25, -0.2) is 0 Å². The number of fused-ring (bicyclic) bond motifs is 2. The molecule has 0 aromatic rings. The summed E-state index contributed by atoms with van der Waals surface area (Å²) in [5.74, 6) is 0.0141. The molecule has 3 heteroatoms. The summed E-state index contributed by atoms with van der Waals surface area (Å²) >= 11 is 0. The first kappa shape index (κ1) is 11.9. The molecule has 4 atom stereocenters. The summed E-state index contributed by atoms with van der Waals surface area (Å²) in [6, 6.07) is -0.0654. The van der Waals surface area contributed by atoms with Crippen molar-refractivity contribution in [2.45, 2.75) is 59.0 Å². The van der Waals surface area contributed by atoms with Crippen LogP contribution in [0.15, 0.2) is 0 Å². The largest absolute Gasteiger partial charge is 0.480 e. The number of hydrogen-bond acceptors (Lipinski definition) is 2. The zero-order valence-corrected chi connectivity index (χ0v) is 10.7. The third-order valence-electron chi connectivity index (χ3n) is 5.62. The Bertz CT molecular complexity index is 313. The van der Waals surface area contributed by atoms with Gasteiger partial charge in [-0.2, -0.15) is 0 Å². The summed E-state index contributed by atoms with van der Waals surface area (Å²) < 4.78 is 0. The molecule has 2 rings (SSSR count). The number of carbonyl (C=O) groups is 1. The van der Waals surface area contributed by atoms with Gasteiger partial charge in [0.2, 0.25) is 0 Å². The minimum absolute atomic E-state index is 0.265. The maximum atomic E-state index is 10.9. The van der Waals surface area contributed by atoms with E-state index in [2.05, 4.69) is 26.1 Å². The van der Waals surface area contributed by atoms with Crippen LogP contribution in [-0.2, 0) is 4.79 Å². The molecule has 2 aliphatic rings. The van der Waals surface area contributed by atoms with Crippen LogP contribution >= 0.6 is 0 Å². The van der Waals surface area contributed by atoms with E-state index in [0.29, 0.717) is 11.5 Å². The fourth-order valence-electron chi connectivity index (χ4n) is 3.83. The summed E-state index contributed by atoms with van der Waals surface area (Å²) in [5.41, 5.74) is 0.615. The van der Waals surface area contributed by atoms with Gasteiger partial charge >= 0.3 is 5.97 Å². The smallest absolute Gasteiger partial charge is 0.320 e. The van der Waals surface area contributed by atoms with E-state index in [1.54, 1.807) is 6.92 Å². The highest BCUT2D eigenvalue weighted by Gasteiger charge is 2.61. The highest BCUT2D eigenvalue weighted by Crippen LogP contribution is 2.65. The first-order valence-electron chi connectivity index (χ1n) is 6.28. The maximum absolute atomic E-state index is 10.9. The number of rotatable bonds is 3. The maximum Gasteiger partial charge on any atom is 0.320 e. The minimum atomic E-state index is -0.746. The molecular weight excluding hydrogens is 202 g/mol. The molecule has 2 bridgehead atoms. The number of aliphatic carboxylic acids is 1. The van der Waals surface area contributed by atoms with Crippen molar-refractivity contribution >= 4 is 5.97 Å². The van der Waals surface area contributed by atoms with E-state index in [4.69, 9.17) is 5.11 Å². The van der Waals surface area contributed by atoms with E-state index in [-0.39, 0.29) is 5.41 Å². The van der Waals surface area contributed by atoms with Gasteiger partial charge in [-0.05, 0) is 42.9 Å². The normalized spacial score (nSPS) is 42.2. The monoisotopic (exact) mass is 225 g/mol. The van der Waals surface area contributed by atoms with Crippen LogP contribution in [0.1, 0.15) is 47.0 Å². The lowest BCUT2D eigenvalue weighted by molar-refractivity contribution is -0.139. The van der Waals surface area contributed by atoms with Gasteiger partial charge in [-0.1, -0.05) is 20.8 Å². The van der Waals surface area contributed by atoms with Crippen molar-refractivity contribution < 1.29 is 9.90 Å². The van der Waals surface area contributed by atoms with Crippen molar-refractivity contribution in [1.29, 1.82) is 0 Å². The van der Waals surface area contributed by atoms with Gasteiger partial charge in [-0.15, -0.1) is 0 Å². The summed E-state index contributed by atoms with van der Waals surface area (Å²) in [6.07, 6.45) is 3.68. The summed E-state index contributed by atoms with van der Waals surface area (Å²) in [6.45, 7) is 8.76. The summed E-state index contributed by atoms with van der Waals surface area (Å²) in [4.78, 5) is 10.9. The van der Waals surface area contributed by atoms with Crippen molar-refractivity contribution in [3.05, 3.63) is 0 Å². The van der Waals surface area contributed by atoms with Crippen LogP contribution in [0.2, 0.25) is 0 Å². The first-order valence-corrected chi connectivity index (χ1v) is 6.28. The highest BCUT2D eigenvalue weighted by molar-refractivity contribution is 5.72. The molecule has 0 saturated heterocycles. The average Bonchev–Trinajstić information content (AvgIpc) is 2.50. The molecule has 0 amide bonds. The number of carboxylic acid groups (broad SMARTS) is 1. The second kappa shape index (κ2) is 3.46. The Labute approximate surface area is 97.6 Å². The van der Waals surface area contributed by atoms with Gasteiger partial charge in [0.15, 0.2) is 0 Å². The van der Waals surface area contributed by atoms with E-state index >= 15 is 0 Å². The topological polar surface area (TPSA) is 49.3 Å². The van der Waals surface area contributed by atoms with Crippen LogP contribution in [0.4, 0.5) is 0 Å². The Morgan fingerprint density at radius 2 is 2.06 bits per heavy atom. The van der Waals surface area contributed by atoms with E-state index in [0.717, 1.165) is 12.3 Å². The quantitative estimate of drug-likeness (QED) is 0.774. The van der Waals surface area contributed by atoms with Crippen LogP contribution in [0.5, 0.6) is 0 Å². The standard InChI is InChI=1S/C13H23NO2/c1-8(11(15)16)14-10-7-9-5-6-13(10,4)12(9,2)3/h8-10,14H,5-7H2,1-4H3,(H,15,16). The van der Waals surface area contributed by atoms with Crippen molar-refractivity contribution in [1.82, 2.24) is 5.32 Å². The Morgan fingerprint density at radius 3 is 2.44 bits per heavy atom. The third-order valence-corrected chi connectivity index (χ3v) is 5.62. The van der Waals surface area contributed by atoms with Gasteiger partial charge in [0.05, 0.1) is 0 Å². The second-order valence-corrected chi connectivity index (χ2v) is 6.39. The van der Waals surface area contributed by atoms with Crippen LogP contribution in [0.25, 0.3) is 0 Å². The number of nitrogens with one attached hydrogen (secondary N) is 1. The first-order chi connectivity index (χ1) is 7.29. The van der Waals surface area contributed by atoms with Gasteiger partial charge in [-0.3, -0.25) is 4.79 Å². The van der Waals surface area contributed by atoms with Crippen LogP contribution in [-0.4, -0.2) is 23.2 Å². The van der Waals surface area contributed by atoms with Gasteiger partial charge in [0.25, 0.3) is 0 Å². The van der Waals surface area contributed by atoms with Gasteiger partial charge in [0.1, 0.15) is 6.04 Å². The zero-order valence-electron chi connectivity index (χ0n) is 10.7. The fourth-order valence-corrected chi connectivity index (χ4v) is 3.83. The summed E-state index contributed by atoms with van der Waals surface area (Å²) in [7, 11) is 0. The molecule has 0 spiro atoms. The molecule has 4 unspecified atom stereocenters. The van der Waals surface area contributed by atoms with E-state index < -0.39 is 12.0 Å². The van der Waals surface area contributed by atoms with Crippen molar-refractivity contribution in [2.75, 3.05) is 0 Å². The minimum Gasteiger partial charge on any atom is -0.480 e. The fraction of sp³-hybridized carbons (Fsp3) is 0.923. The Kier molecular flexibility index (Phi) is 2.57. The molecule has 0 aromatic carbocycles. The van der Waals surface area contributed by atoms with Crippen molar-refractivity contribution in [3.8, 4) is 0 Å². The zero-order chi connectivity index (χ0) is 12.1. The second-order valence-electron chi connectivity index (χ2n) is 6.39. The lowest BCUT2D eigenvalue weighted by Crippen LogP contribution is -2.49. The van der Waals surface area contributed by atoms with Gasteiger partial charge in [0, 0.05) is 6.04 Å². The van der Waals surface area contributed by atoms with Crippen molar-refractivity contribution in [3.63, 3.8) is 0 Å². The van der Waals surface area contributed by atoms with Crippen molar-refractivity contribution in [2.24, 2.45) is 16.7 Å². The number of carboxylic acids is 1. The molecule has 2 N–H and O–H groups in total. The molecule has 92 valence electrons. The van der Waals surface area contributed by atoms with E-state index in [1.165, 1.54) is 12.8 Å². The lowest BCUT2D eigenvalue weighted by Gasteiger charge is -2.40. The predicted octanol–water partition coefficient (Wildman–Crippen LogP) is 2.26. The Balaban J connectivity index is 2.13. The average molecular weight is 225 g/mol. The number of hydrogen-bond donors (Lipinski definition) is 2. The molecule has 3 nitrogen and oxygen atoms in total. The molecule has 2 aliphatic carbocycles. The summed E-state index contributed by atoms with van der Waals surface area (Å²) in [5, 5.41) is 12.3. The predicted molar refractivity (Wildman–Crippen MR) is 63.3 cm³/mol. The molecule has 0 heterocycles. The van der Waals surface area contributed by atoms with E-state index in [1.807, 2.05) is 0 Å². The molecule has 2 fully saturated rings. The molecule has 0 aromatic heterocycles. The third kappa shape index (κ3) is 1.41. The lowest BCUT2D eigenvalue weighted by atomic mass is 9.69. The highest BCUT2D eigenvalue weighted by atomic mass is 16.4. The Morgan fingerprint density at radius 1 is 1.44 bits per heavy atom.